The van der Waals surface area contributed by atoms with Gasteiger partial charge in [-0.2, -0.15) is 0 Å². The molecule has 0 aliphatic rings. The number of rotatable bonds is 5. The Kier molecular flexibility index (Phi) is 5.52. The van der Waals surface area contributed by atoms with Crippen molar-refractivity contribution in [2.45, 2.75) is 31.3 Å². The second-order valence-electron chi connectivity index (χ2n) is 4.93. The largest absolute Gasteiger partial charge is 0.370 e. The Balaban J connectivity index is 2.78. The van der Waals surface area contributed by atoms with Gasteiger partial charge in [0.05, 0.1) is 11.4 Å². The summed E-state index contributed by atoms with van der Waals surface area (Å²) in [5.74, 6) is 0.380. The molecule has 3 N–H and O–H groups in total. The molecule has 6 nitrogen and oxygen atoms in total. The number of sulfonamides is 1. The summed E-state index contributed by atoms with van der Waals surface area (Å²) in [7, 11) is -0.369. The predicted octanol–water partition coefficient (Wildman–Crippen LogP) is 0.750. The summed E-state index contributed by atoms with van der Waals surface area (Å²) in [5.41, 5.74) is 6.60. The number of nitrogens with one attached hydrogen (secondary N) is 1. The number of aliphatic imine (C=N–C) groups is 1. The second kappa shape index (κ2) is 6.71. The molecule has 1 aromatic rings. The first kappa shape index (κ1) is 16.5. The molecule has 0 fully saturated rings. The normalized spacial score (nSPS) is 13.0. The average Bonchev–Trinajstić information content (AvgIpc) is 2.36. The monoisotopic (exact) mass is 298 g/mol. The van der Waals surface area contributed by atoms with Crippen molar-refractivity contribution in [1.82, 2.24) is 9.62 Å². The van der Waals surface area contributed by atoms with Crippen LogP contribution >= 0.6 is 0 Å². The summed E-state index contributed by atoms with van der Waals surface area (Å²) < 4.78 is 25.0. The molecule has 0 aromatic heterocycles. The Bertz CT molecular complexity index is 563. The summed E-state index contributed by atoms with van der Waals surface area (Å²) in [4.78, 5) is 4.45. The zero-order valence-corrected chi connectivity index (χ0v) is 13.1. The maximum atomic E-state index is 11.9. The molecular formula is C13H22N4O2S. The molecule has 0 heterocycles. The van der Waals surface area contributed by atoms with Crippen LogP contribution in [0, 0.1) is 0 Å². The van der Waals surface area contributed by atoms with E-state index in [1.54, 1.807) is 24.3 Å². The van der Waals surface area contributed by atoms with Gasteiger partial charge in [-0.15, -0.1) is 0 Å². The van der Waals surface area contributed by atoms with Crippen molar-refractivity contribution in [1.29, 1.82) is 0 Å². The Morgan fingerprint density at radius 3 is 2.30 bits per heavy atom. The van der Waals surface area contributed by atoms with Gasteiger partial charge in [-0.3, -0.25) is 0 Å². The number of hydrogen-bond donors (Lipinski definition) is 2. The summed E-state index contributed by atoms with van der Waals surface area (Å²) in [6, 6.07) is 6.86. The summed E-state index contributed by atoms with van der Waals surface area (Å²) >= 11 is 0. The van der Waals surface area contributed by atoms with Crippen molar-refractivity contribution in [3.8, 4) is 0 Å². The fourth-order valence-electron chi connectivity index (χ4n) is 1.50. The molecule has 0 aliphatic heterocycles. The van der Waals surface area contributed by atoms with Crippen LogP contribution < -0.4 is 11.1 Å². The van der Waals surface area contributed by atoms with Gasteiger partial charge in [0, 0.05) is 20.1 Å². The van der Waals surface area contributed by atoms with Crippen LogP contribution in [0.4, 0.5) is 0 Å². The van der Waals surface area contributed by atoms with E-state index in [0.717, 1.165) is 5.56 Å². The molecule has 0 spiro atoms. The van der Waals surface area contributed by atoms with Crippen LogP contribution in [0.5, 0.6) is 0 Å². The minimum Gasteiger partial charge on any atom is -0.370 e. The average molecular weight is 298 g/mol. The first-order valence-electron chi connectivity index (χ1n) is 6.31. The third-order valence-electron chi connectivity index (χ3n) is 2.57. The Hall–Kier alpha value is -1.60. The number of nitrogens with two attached hydrogens (primary N) is 1. The molecule has 0 unspecified atom stereocenters. The van der Waals surface area contributed by atoms with E-state index in [4.69, 9.17) is 5.73 Å². The van der Waals surface area contributed by atoms with Gasteiger partial charge in [-0.25, -0.2) is 17.7 Å². The van der Waals surface area contributed by atoms with Crippen molar-refractivity contribution < 1.29 is 8.42 Å². The van der Waals surface area contributed by atoms with E-state index < -0.39 is 10.0 Å². The zero-order chi connectivity index (χ0) is 15.3. The minimum atomic E-state index is -3.38. The minimum absolute atomic E-state index is 0.228. The third kappa shape index (κ3) is 4.50. The molecule has 0 saturated heterocycles. The highest BCUT2D eigenvalue weighted by Gasteiger charge is 2.16. The van der Waals surface area contributed by atoms with E-state index in [1.807, 2.05) is 13.8 Å². The van der Waals surface area contributed by atoms with Crippen LogP contribution in [-0.4, -0.2) is 38.8 Å². The van der Waals surface area contributed by atoms with Gasteiger partial charge in [0.1, 0.15) is 0 Å². The zero-order valence-electron chi connectivity index (χ0n) is 12.3. The molecule has 0 saturated carbocycles. The lowest BCUT2D eigenvalue weighted by atomic mass is 10.2. The Labute approximate surface area is 120 Å². The quantitative estimate of drug-likeness (QED) is 0.620. The van der Waals surface area contributed by atoms with Gasteiger partial charge in [0.25, 0.3) is 0 Å². The summed E-state index contributed by atoms with van der Waals surface area (Å²) in [6.45, 7) is 4.36. The Morgan fingerprint density at radius 1 is 1.30 bits per heavy atom. The molecule has 112 valence electrons. The Morgan fingerprint density at radius 2 is 1.85 bits per heavy atom. The molecule has 1 aromatic carbocycles. The SMILES string of the molecule is CC(C)NC(N)=NCc1ccc(S(=O)(=O)N(C)C)cc1. The van der Waals surface area contributed by atoms with Gasteiger partial charge in [-0.1, -0.05) is 12.1 Å². The molecule has 7 heteroatoms. The fourth-order valence-corrected chi connectivity index (χ4v) is 2.40. The van der Waals surface area contributed by atoms with E-state index in [2.05, 4.69) is 10.3 Å². The number of benzene rings is 1. The second-order valence-corrected chi connectivity index (χ2v) is 7.08. The molecule has 0 amide bonds. The highest BCUT2D eigenvalue weighted by atomic mass is 32.2. The van der Waals surface area contributed by atoms with Crippen molar-refractivity contribution in [3.05, 3.63) is 29.8 Å². The van der Waals surface area contributed by atoms with Crippen LogP contribution in [0.2, 0.25) is 0 Å². The number of guanidine groups is 1. The van der Waals surface area contributed by atoms with E-state index in [9.17, 15) is 8.42 Å². The highest BCUT2D eigenvalue weighted by Crippen LogP contribution is 2.14. The van der Waals surface area contributed by atoms with E-state index >= 15 is 0 Å². The van der Waals surface area contributed by atoms with Crippen LogP contribution in [0.15, 0.2) is 34.2 Å². The van der Waals surface area contributed by atoms with Crippen molar-refractivity contribution in [3.63, 3.8) is 0 Å². The van der Waals surface area contributed by atoms with Gasteiger partial charge in [0.2, 0.25) is 10.0 Å². The summed E-state index contributed by atoms with van der Waals surface area (Å²) in [6.07, 6.45) is 0. The van der Waals surface area contributed by atoms with Crippen molar-refractivity contribution in [2.75, 3.05) is 14.1 Å². The molecule has 0 radical (unpaired) electrons. The van der Waals surface area contributed by atoms with Crippen LogP contribution in [0.3, 0.4) is 0 Å². The van der Waals surface area contributed by atoms with Gasteiger partial charge >= 0.3 is 0 Å². The van der Waals surface area contributed by atoms with E-state index in [1.165, 1.54) is 18.4 Å². The van der Waals surface area contributed by atoms with Crippen molar-refractivity contribution >= 4 is 16.0 Å². The highest BCUT2D eigenvalue weighted by molar-refractivity contribution is 7.89. The molecular weight excluding hydrogens is 276 g/mol. The van der Waals surface area contributed by atoms with Gasteiger partial charge < -0.3 is 11.1 Å². The maximum absolute atomic E-state index is 11.9. The smallest absolute Gasteiger partial charge is 0.242 e. The molecule has 0 bridgehead atoms. The molecule has 20 heavy (non-hydrogen) atoms. The van der Waals surface area contributed by atoms with Crippen LogP contribution in [0.25, 0.3) is 0 Å². The lowest BCUT2D eigenvalue weighted by Crippen LogP contribution is -2.36. The molecule has 1 rings (SSSR count). The number of nitrogens with zero attached hydrogens (tertiary/aromatic N) is 2. The van der Waals surface area contributed by atoms with Crippen LogP contribution in [-0.2, 0) is 16.6 Å². The van der Waals surface area contributed by atoms with E-state index in [-0.39, 0.29) is 10.9 Å². The molecule has 0 atom stereocenters. The molecule has 0 aliphatic carbocycles. The lowest BCUT2D eigenvalue weighted by molar-refractivity contribution is 0.520. The van der Waals surface area contributed by atoms with Crippen molar-refractivity contribution in [2.24, 2.45) is 10.7 Å². The standard InChI is InChI=1S/C13H22N4O2S/c1-10(2)16-13(14)15-9-11-5-7-12(8-6-11)20(18,19)17(3)4/h5-8,10H,9H2,1-4H3,(H3,14,15,16). The lowest BCUT2D eigenvalue weighted by Gasteiger charge is -2.11. The topological polar surface area (TPSA) is 87.8 Å². The van der Waals surface area contributed by atoms with Crippen LogP contribution in [0.1, 0.15) is 19.4 Å². The third-order valence-corrected chi connectivity index (χ3v) is 4.40. The fraction of sp³-hybridized carbons (Fsp3) is 0.462. The first-order chi connectivity index (χ1) is 9.23. The van der Waals surface area contributed by atoms with Gasteiger partial charge in [-0.05, 0) is 31.5 Å². The van der Waals surface area contributed by atoms with E-state index in [0.29, 0.717) is 12.5 Å². The summed E-state index contributed by atoms with van der Waals surface area (Å²) in [5, 5.41) is 2.99. The maximum Gasteiger partial charge on any atom is 0.242 e. The van der Waals surface area contributed by atoms with Gasteiger partial charge in [0.15, 0.2) is 5.96 Å². The predicted molar refractivity (Wildman–Crippen MR) is 80.9 cm³/mol. The first-order valence-corrected chi connectivity index (χ1v) is 7.75. The number of hydrogen-bond acceptors (Lipinski definition) is 3.